The Bertz CT molecular complexity index is 1590. The van der Waals surface area contributed by atoms with Crippen LogP contribution in [-0.4, -0.2) is 15.0 Å². The van der Waals surface area contributed by atoms with Gasteiger partial charge in [-0.05, 0) is 36.8 Å². The van der Waals surface area contributed by atoms with Crippen molar-refractivity contribution in [2.24, 2.45) is 5.41 Å². The van der Waals surface area contributed by atoms with Gasteiger partial charge in [0.25, 0.3) is 0 Å². The molecule has 2 aliphatic rings. The van der Waals surface area contributed by atoms with Crippen LogP contribution in [0, 0.1) is 12.0 Å². The molecule has 0 amide bonds. The van der Waals surface area contributed by atoms with Crippen LogP contribution in [0.1, 0.15) is 119 Å². The molecule has 1 aliphatic carbocycles. The molecule has 1 spiro atoms. The monoisotopic (exact) mass is 783 g/mol. The molecule has 49 heavy (non-hydrogen) atoms. The Labute approximate surface area is 310 Å². The van der Waals surface area contributed by atoms with Crippen LogP contribution >= 0.6 is 19.4 Å². The van der Waals surface area contributed by atoms with Gasteiger partial charge in [0.1, 0.15) is 0 Å². The first-order valence-electron chi connectivity index (χ1n) is 18.0. The van der Waals surface area contributed by atoms with Gasteiger partial charge in [-0.25, -0.2) is 6.54 Å². The summed E-state index contributed by atoms with van der Waals surface area (Å²) in [5.74, 6) is 1.13. The Hall–Kier alpha value is -2.29. The molecule has 1 saturated carbocycles. The second kappa shape index (κ2) is 17.3. The molecule has 0 N–H and O–H groups in total. The van der Waals surface area contributed by atoms with Gasteiger partial charge >= 0.3 is 169 Å². The number of hydrogen-bond acceptors (Lipinski definition) is 2. The van der Waals surface area contributed by atoms with Crippen molar-refractivity contribution < 1.29 is 13.5 Å². The van der Waals surface area contributed by atoms with E-state index in [4.69, 9.17) is 19.4 Å². The van der Waals surface area contributed by atoms with Crippen molar-refractivity contribution in [3.63, 3.8) is 0 Å². The van der Waals surface area contributed by atoms with Crippen molar-refractivity contribution >= 4 is 29.7 Å². The van der Waals surface area contributed by atoms with E-state index < -0.39 is 13.5 Å². The number of anilines is 1. The van der Waals surface area contributed by atoms with Crippen molar-refractivity contribution in [2.75, 3.05) is 4.90 Å². The molecular weight excluding hydrogens is 728 g/mol. The fraction of sp³-hybridized carbons (Fsp3) is 0.409. The summed E-state index contributed by atoms with van der Waals surface area (Å²) < 4.78 is 2.03. The maximum atomic E-state index is 6.12. The van der Waals surface area contributed by atoms with Crippen LogP contribution in [0.2, 0.25) is 0 Å². The Morgan fingerprint density at radius 3 is 1.73 bits per heavy atom. The molecule has 6 rings (SSSR count). The summed E-state index contributed by atoms with van der Waals surface area (Å²) >= 11 is -1.85. The molecule has 1 heterocycles. The van der Waals surface area contributed by atoms with E-state index in [1.54, 1.807) is 0 Å². The Kier molecular flexibility index (Phi) is 13.4. The fourth-order valence-electron chi connectivity index (χ4n) is 7.94. The second-order valence-electron chi connectivity index (χ2n) is 15.3. The first-order chi connectivity index (χ1) is 23.5. The standard InChI is InChI=1S/C22H34N.C22H21N.2ClH.Ru/c1-16(2)18-10-9-11-19(17(3)4)20(18)23-15-22(12-7-8-13-22)14-21(23,5)6;1-19-10-8-9-15-22(19)18-23(16-20-11-4-2-5-12-20)17-21-13-6-3-7-14-21;;;/h9-11,15-17H,7-8,12-14H2,1-6H3;1-15H,16-18H2;2*1H;/q-1;;;;+2/p-2. The SMILES string of the molecule is CC(C)c1cccc(C(C)C)c1N1[CH-]C2(CCCC2)CC1(C)C.[Cl][Ru]([Cl])=[CH]c1ccccc1CN(Cc1ccccc1)Cc1ccccc1. The minimum atomic E-state index is -1.85. The fourth-order valence-corrected chi connectivity index (χ4v) is 9.82. The van der Waals surface area contributed by atoms with E-state index in [2.05, 4.69) is 155 Å². The van der Waals surface area contributed by atoms with E-state index in [-0.39, 0.29) is 5.54 Å². The first kappa shape index (κ1) is 38.0. The molecule has 264 valence electrons. The maximum absolute atomic E-state index is 6.12. The van der Waals surface area contributed by atoms with E-state index in [9.17, 15) is 0 Å². The molecule has 2 nitrogen and oxygen atoms in total. The van der Waals surface area contributed by atoms with Gasteiger partial charge < -0.3 is 4.90 Å². The zero-order chi connectivity index (χ0) is 35.0. The quantitative estimate of drug-likeness (QED) is 0.117. The minimum absolute atomic E-state index is 0.221. The van der Waals surface area contributed by atoms with Crippen molar-refractivity contribution in [1.82, 2.24) is 4.90 Å². The van der Waals surface area contributed by atoms with E-state index >= 15 is 0 Å². The third kappa shape index (κ3) is 10.2. The van der Waals surface area contributed by atoms with Crippen LogP contribution in [0.25, 0.3) is 0 Å². The summed E-state index contributed by atoms with van der Waals surface area (Å²) in [6.45, 7) is 19.5. The number of nitrogens with zero attached hydrogens (tertiary/aromatic N) is 2. The topological polar surface area (TPSA) is 6.48 Å². The summed E-state index contributed by atoms with van der Waals surface area (Å²) in [7, 11) is 12.2. The van der Waals surface area contributed by atoms with Gasteiger partial charge in [0, 0.05) is 11.2 Å². The van der Waals surface area contributed by atoms with Crippen LogP contribution in [-0.2, 0) is 33.2 Å². The number of hydrogen-bond donors (Lipinski definition) is 0. The van der Waals surface area contributed by atoms with Crippen LogP contribution in [0.4, 0.5) is 5.69 Å². The van der Waals surface area contributed by atoms with Gasteiger partial charge in [-0.2, -0.15) is 0 Å². The van der Waals surface area contributed by atoms with Gasteiger partial charge in [0.2, 0.25) is 0 Å². The van der Waals surface area contributed by atoms with Crippen molar-refractivity contribution in [3.05, 3.63) is 143 Å². The first-order valence-corrected chi connectivity index (χ1v) is 23.4. The second-order valence-corrected chi connectivity index (χ2v) is 21.0. The molecular formula is C44H55Cl2N2Ru-. The Morgan fingerprint density at radius 1 is 0.714 bits per heavy atom. The van der Waals surface area contributed by atoms with Crippen LogP contribution in [0.5, 0.6) is 0 Å². The Balaban J connectivity index is 0.000000192. The number of para-hydroxylation sites is 1. The predicted octanol–water partition coefficient (Wildman–Crippen LogP) is 12.6. The van der Waals surface area contributed by atoms with Gasteiger partial charge in [0.05, 0.1) is 0 Å². The van der Waals surface area contributed by atoms with E-state index in [1.807, 2.05) is 10.7 Å². The number of halogens is 2. The van der Waals surface area contributed by atoms with Crippen molar-refractivity contribution in [3.8, 4) is 0 Å². The molecule has 1 saturated heterocycles. The summed E-state index contributed by atoms with van der Waals surface area (Å²) in [4.78, 5) is 5.12. The number of rotatable bonds is 10. The molecule has 0 aromatic heterocycles. The normalized spacial score (nSPS) is 16.7. The zero-order valence-electron chi connectivity index (χ0n) is 30.3. The molecule has 5 heteroatoms. The van der Waals surface area contributed by atoms with Crippen molar-refractivity contribution in [2.45, 2.75) is 111 Å². The van der Waals surface area contributed by atoms with Crippen LogP contribution in [0.3, 0.4) is 0 Å². The van der Waals surface area contributed by atoms with E-state index in [1.165, 1.54) is 65.6 Å². The zero-order valence-corrected chi connectivity index (χ0v) is 33.5. The third-order valence-corrected chi connectivity index (χ3v) is 12.0. The van der Waals surface area contributed by atoms with Gasteiger partial charge in [-0.1, -0.05) is 78.0 Å². The summed E-state index contributed by atoms with van der Waals surface area (Å²) in [5.41, 5.74) is 10.2. The van der Waals surface area contributed by atoms with Gasteiger partial charge in [-0.3, -0.25) is 0 Å². The molecule has 4 aromatic carbocycles. The average Bonchev–Trinajstić information content (AvgIpc) is 3.63. The predicted molar refractivity (Wildman–Crippen MR) is 210 cm³/mol. The third-order valence-electron chi connectivity index (χ3n) is 10.2. The summed E-state index contributed by atoms with van der Waals surface area (Å²) in [6.07, 6.45) is 6.89. The molecule has 4 aromatic rings. The van der Waals surface area contributed by atoms with Gasteiger partial charge in [0.15, 0.2) is 0 Å². The van der Waals surface area contributed by atoms with Crippen LogP contribution < -0.4 is 4.90 Å². The van der Waals surface area contributed by atoms with E-state index in [0.29, 0.717) is 17.3 Å². The molecule has 0 radical (unpaired) electrons. The molecule has 0 unspecified atom stereocenters. The van der Waals surface area contributed by atoms with Crippen LogP contribution in [0.15, 0.2) is 103 Å². The molecule has 1 aliphatic heterocycles. The van der Waals surface area contributed by atoms with Gasteiger partial charge in [-0.15, -0.1) is 5.41 Å². The summed E-state index contributed by atoms with van der Waals surface area (Å²) in [5, 5.41) is 0. The molecule has 0 bridgehead atoms. The molecule has 0 atom stereocenters. The van der Waals surface area contributed by atoms with E-state index in [0.717, 1.165) is 25.2 Å². The average molecular weight is 784 g/mol. The van der Waals surface area contributed by atoms with Crippen molar-refractivity contribution in [1.29, 1.82) is 0 Å². The number of benzene rings is 4. The Morgan fingerprint density at radius 2 is 1.22 bits per heavy atom. The summed E-state index contributed by atoms with van der Waals surface area (Å²) in [6, 6.07) is 36.5. The molecule has 2 fully saturated rings.